The Hall–Kier alpha value is -1.16. The van der Waals surface area contributed by atoms with Gasteiger partial charge in [0.2, 0.25) is 0 Å². The van der Waals surface area contributed by atoms with Crippen molar-refractivity contribution in [3.63, 3.8) is 0 Å². The number of nitrogens with zero attached hydrogens (tertiary/aromatic N) is 1. The molecule has 3 nitrogen and oxygen atoms in total. The van der Waals surface area contributed by atoms with Crippen LogP contribution in [0.3, 0.4) is 0 Å². The smallest absolute Gasteiger partial charge is 0.0767 e. The predicted octanol–water partition coefficient (Wildman–Crippen LogP) is 2.20. The lowest BCUT2D eigenvalue weighted by atomic mass is 9.70. The van der Waals surface area contributed by atoms with E-state index in [1.807, 2.05) is 24.3 Å². The molecule has 3 rings (SSSR count). The van der Waals surface area contributed by atoms with Crippen LogP contribution in [0.2, 0.25) is 5.02 Å². The molecule has 0 saturated heterocycles. The Morgan fingerprint density at radius 3 is 2.82 bits per heavy atom. The third-order valence-electron chi connectivity index (χ3n) is 3.42. The van der Waals surface area contributed by atoms with Crippen molar-refractivity contribution >= 4 is 22.5 Å². The predicted molar refractivity (Wildman–Crippen MR) is 67.9 cm³/mol. The minimum absolute atomic E-state index is 0.324. The van der Waals surface area contributed by atoms with E-state index in [4.69, 9.17) is 17.3 Å². The Balaban J connectivity index is 2.24. The molecule has 0 amide bonds. The average Bonchev–Trinajstić information content (AvgIpc) is 2.26. The number of aliphatic hydroxyl groups excluding tert-OH is 1. The molecule has 1 aliphatic carbocycles. The number of rotatable bonds is 1. The maximum absolute atomic E-state index is 9.46. The number of hydrogen-bond acceptors (Lipinski definition) is 3. The number of aromatic nitrogens is 1. The summed E-state index contributed by atoms with van der Waals surface area (Å²) >= 11 is 6.25. The molecule has 0 radical (unpaired) electrons. The van der Waals surface area contributed by atoms with Gasteiger partial charge in [0, 0.05) is 27.7 Å². The van der Waals surface area contributed by atoms with Crippen molar-refractivity contribution in [2.75, 3.05) is 0 Å². The maximum atomic E-state index is 9.46. The van der Waals surface area contributed by atoms with Gasteiger partial charge in [-0.25, -0.2) is 0 Å². The molecule has 1 aliphatic rings. The van der Waals surface area contributed by atoms with E-state index in [-0.39, 0.29) is 6.10 Å². The number of halogens is 1. The van der Waals surface area contributed by atoms with Crippen LogP contribution in [0, 0.1) is 0 Å². The molecule has 0 spiro atoms. The highest BCUT2D eigenvalue weighted by atomic mass is 35.5. The summed E-state index contributed by atoms with van der Waals surface area (Å²) < 4.78 is 0. The van der Waals surface area contributed by atoms with Gasteiger partial charge in [-0.1, -0.05) is 23.7 Å². The van der Waals surface area contributed by atoms with E-state index in [1.54, 1.807) is 6.20 Å². The number of fused-ring (bicyclic) bond motifs is 1. The zero-order valence-electron chi connectivity index (χ0n) is 9.23. The molecule has 4 heteroatoms. The van der Waals surface area contributed by atoms with E-state index in [0.29, 0.717) is 17.9 Å². The summed E-state index contributed by atoms with van der Waals surface area (Å²) in [4.78, 5) is 4.37. The van der Waals surface area contributed by atoms with Gasteiger partial charge in [0.05, 0.1) is 11.6 Å². The standard InChI is InChI=1S/C13H13ClN2O/c14-10-4-3-8-2-1-5-16-12(8)11(10)13(15)6-9(17)7-13/h1-5,9,17H,6-7,15H2. The van der Waals surface area contributed by atoms with Gasteiger partial charge in [-0.15, -0.1) is 0 Å². The topological polar surface area (TPSA) is 59.1 Å². The molecular weight excluding hydrogens is 236 g/mol. The van der Waals surface area contributed by atoms with E-state index < -0.39 is 5.54 Å². The van der Waals surface area contributed by atoms with Crippen LogP contribution in [0.25, 0.3) is 10.9 Å². The zero-order valence-corrected chi connectivity index (χ0v) is 9.98. The molecule has 1 heterocycles. The second kappa shape index (κ2) is 3.67. The lowest BCUT2D eigenvalue weighted by Gasteiger charge is -2.43. The van der Waals surface area contributed by atoms with Crippen molar-refractivity contribution in [3.05, 3.63) is 41.0 Å². The molecule has 1 saturated carbocycles. The number of pyridine rings is 1. The van der Waals surface area contributed by atoms with Crippen LogP contribution in [0.15, 0.2) is 30.5 Å². The lowest BCUT2D eigenvalue weighted by Crippen LogP contribution is -2.52. The molecule has 17 heavy (non-hydrogen) atoms. The van der Waals surface area contributed by atoms with Gasteiger partial charge in [0.15, 0.2) is 0 Å². The van der Waals surface area contributed by atoms with Gasteiger partial charge < -0.3 is 10.8 Å². The van der Waals surface area contributed by atoms with E-state index in [0.717, 1.165) is 16.5 Å². The molecule has 88 valence electrons. The Labute approximate surface area is 104 Å². The van der Waals surface area contributed by atoms with E-state index in [1.165, 1.54) is 0 Å². The first-order valence-corrected chi connectivity index (χ1v) is 5.99. The summed E-state index contributed by atoms with van der Waals surface area (Å²) in [6, 6.07) is 7.66. The first-order valence-electron chi connectivity index (χ1n) is 5.61. The van der Waals surface area contributed by atoms with Gasteiger partial charge in [0.1, 0.15) is 0 Å². The van der Waals surface area contributed by atoms with Crippen LogP contribution < -0.4 is 5.73 Å². The van der Waals surface area contributed by atoms with Crippen molar-refractivity contribution in [2.45, 2.75) is 24.5 Å². The molecule has 0 bridgehead atoms. The van der Waals surface area contributed by atoms with Gasteiger partial charge in [-0.2, -0.15) is 0 Å². The van der Waals surface area contributed by atoms with Crippen molar-refractivity contribution in [2.24, 2.45) is 5.73 Å². The van der Waals surface area contributed by atoms with Gasteiger partial charge in [-0.05, 0) is 25.0 Å². The highest BCUT2D eigenvalue weighted by molar-refractivity contribution is 6.32. The number of benzene rings is 1. The Kier molecular flexibility index (Phi) is 2.36. The molecule has 1 aromatic carbocycles. The second-order valence-electron chi connectivity index (χ2n) is 4.72. The zero-order chi connectivity index (χ0) is 12.0. The molecule has 3 N–H and O–H groups in total. The summed E-state index contributed by atoms with van der Waals surface area (Å²) in [7, 11) is 0. The van der Waals surface area contributed by atoms with Gasteiger partial charge >= 0.3 is 0 Å². The van der Waals surface area contributed by atoms with Crippen LogP contribution in [0.4, 0.5) is 0 Å². The van der Waals surface area contributed by atoms with Crippen LogP contribution in [0.5, 0.6) is 0 Å². The summed E-state index contributed by atoms with van der Waals surface area (Å²) in [5, 5.41) is 11.1. The molecule has 0 atom stereocenters. The largest absolute Gasteiger partial charge is 0.393 e. The number of hydrogen-bond donors (Lipinski definition) is 2. The van der Waals surface area contributed by atoms with E-state index in [9.17, 15) is 5.11 Å². The minimum Gasteiger partial charge on any atom is -0.393 e. The Bertz CT molecular complexity index is 579. The van der Waals surface area contributed by atoms with E-state index in [2.05, 4.69) is 4.98 Å². The summed E-state index contributed by atoms with van der Waals surface area (Å²) in [6.07, 6.45) is 2.50. The Morgan fingerprint density at radius 1 is 1.35 bits per heavy atom. The molecule has 0 aliphatic heterocycles. The second-order valence-corrected chi connectivity index (χ2v) is 5.12. The van der Waals surface area contributed by atoms with E-state index >= 15 is 0 Å². The van der Waals surface area contributed by atoms with Crippen molar-refractivity contribution < 1.29 is 5.11 Å². The molecular formula is C13H13ClN2O. The molecule has 2 aromatic rings. The number of nitrogens with two attached hydrogens (primary N) is 1. The minimum atomic E-state index is -0.537. The maximum Gasteiger partial charge on any atom is 0.0767 e. The first-order chi connectivity index (χ1) is 8.10. The first kappa shape index (κ1) is 11.0. The summed E-state index contributed by atoms with van der Waals surface area (Å²) in [6.45, 7) is 0. The van der Waals surface area contributed by atoms with Crippen LogP contribution in [-0.4, -0.2) is 16.2 Å². The highest BCUT2D eigenvalue weighted by Gasteiger charge is 2.43. The number of aliphatic hydroxyl groups is 1. The van der Waals surface area contributed by atoms with Crippen molar-refractivity contribution in [1.82, 2.24) is 4.98 Å². The normalized spacial score (nSPS) is 28.1. The summed E-state index contributed by atoms with van der Waals surface area (Å²) in [5.74, 6) is 0. The quantitative estimate of drug-likeness (QED) is 0.813. The fraction of sp³-hybridized carbons (Fsp3) is 0.308. The van der Waals surface area contributed by atoms with Crippen LogP contribution in [0.1, 0.15) is 18.4 Å². The lowest BCUT2D eigenvalue weighted by molar-refractivity contribution is 0.0216. The summed E-state index contributed by atoms with van der Waals surface area (Å²) in [5.41, 5.74) is 7.47. The van der Waals surface area contributed by atoms with Crippen molar-refractivity contribution in [3.8, 4) is 0 Å². The van der Waals surface area contributed by atoms with Crippen LogP contribution >= 0.6 is 11.6 Å². The molecule has 0 unspecified atom stereocenters. The van der Waals surface area contributed by atoms with Gasteiger partial charge in [0.25, 0.3) is 0 Å². The third-order valence-corrected chi connectivity index (χ3v) is 3.74. The SMILES string of the molecule is NC1(c2c(Cl)ccc3cccnc23)CC(O)C1. The van der Waals surface area contributed by atoms with Gasteiger partial charge in [-0.3, -0.25) is 4.98 Å². The fourth-order valence-electron chi connectivity index (χ4n) is 2.58. The van der Waals surface area contributed by atoms with Crippen molar-refractivity contribution in [1.29, 1.82) is 0 Å². The fourth-order valence-corrected chi connectivity index (χ4v) is 2.92. The molecule has 1 fully saturated rings. The average molecular weight is 249 g/mol. The third kappa shape index (κ3) is 1.62. The molecule has 1 aromatic heterocycles. The highest BCUT2D eigenvalue weighted by Crippen LogP contribution is 2.44. The van der Waals surface area contributed by atoms with Crippen LogP contribution in [-0.2, 0) is 5.54 Å². The Morgan fingerprint density at radius 2 is 2.12 bits per heavy atom. The monoisotopic (exact) mass is 248 g/mol.